The highest BCUT2D eigenvalue weighted by atomic mass is 32.2. The number of nitrogens with two attached hydrogens (primary N) is 1. The Kier molecular flexibility index (Phi) is 8.87. The van der Waals surface area contributed by atoms with E-state index >= 15 is 0 Å². The van der Waals surface area contributed by atoms with Crippen molar-refractivity contribution in [3.63, 3.8) is 0 Å². The fraction of sp³-hybridized carbons (Fsp3) is 0.385. The van der Waals surface area contributed by atoms with E-state index in [9.17, 15) is 14.4 Å². The Bertz CT molecular complexity index is 1240. The zero-order valence-electron chi connectivity index (χ0n) is 20.0. The van der Waals surface area contributed by atoms with Crippen LogP contribution in [0.4, 0.5) is 5.69 Å². The lowest BCUT2D eigenvalue weighted by Crippen LogP contribution is -2.24. The second-order valence-electron chi connectivity index (χ2n) is 8.68. The molecule has 8 heteroatoms. The largest absolute Gasteiger partial charge is 0.370 e. The lowest BCUT2D eigenvalue weighted by atomic mass is 9.98. The molecule has 34 heavy (non-hydrogen) atoms. The van der Waals surface area contributed by atoms with Crippen molar-refractivity contribution in [2.24, 2.45) is 5.73 Å². The van der Waals surface area contributed by atoms with Gasteiger partial charge in [0.15, 0.2) is 5.16 Å². The number of aryl methyl sites for hydroxylation is 1. The number of thioether (sulfide) groups is 1. The summed E-state index contributed by atoms with van der Waals surface area (Å²) in [6.45, 7) is 6.64. The number of nitrogens with one attached hydrogen (secondary N) is 1. The standard InChI is InChI=1S/C26H32N4O3S/c1-17(2)19-12-9-10-18(3)24(19)29-23(32)16-34-26-28-21-13-7-6-11-20(21)25(33)30(26)15-8-4-5-14-22(27)31/h6-7,9-13,17H,4-5,8,14-16H2,1-3H3,(H2,27,31)(H,29,32). The van der Waals surface area contributed by atoms with E-state index in [1.54, 1.807) is 16.7 Å². The molecule has 0 unspecified atom stereocenters. The van der Waals surface area contributed by atoms with Crippen LogP contribution in [0.5, 0.6) is 0 Å². The maximum Gasteiger partial charge on any atom is 0.262 e. The number of rotatable bonds is 11. The van der Waals surface area contributed by atoms with E-state index in [-0.39, 0.29) is 29.0 Å². The first kappa shape index (κ1) is 25.5. The molecule has 7 nitrogen and oxygen atoms in total. The second kappa shape index (κ2) is 11.8. The molecule has 3 rings (SSSR count). The van der Waals surface area contributed by atoms with Gasteiger partial charge in [-0.05, 0) is 48.9 Å². The molecular formula is C26H32N4O3S. The minimum Gasteiger partial charge on any atom is -0.370 e. The molecule has 1 aromatic heterocycles. The zero-order valence-corrected chi connectivity index (χ0v) is 20.8. The fourth-order valence-corrected chi connectivity index (χ4v) is 4.67. The van der Waals surface area contributed by atoms with E-state index in [2.05, 4.69) is 24.1 Å². The number of fused-ring (bicyclic) bond motifs is 1. The molecular weight excluding hydrogens is 448 g/mol. The number of hydrogen-bond acceptors (Lipinski definition) is 5. The molecule has 0 bridgehead atoms. The van der Waals surface area contributed by atoms with Gasteiger partial charge < -0.3 is 11.1 Å². The third-order valence-electron chi connectivity index (χ3n) is 5.66. The molecule has 0 aliphatic heterocycles. The van der Waals surface area contributed by atoms with Crippen molar-refractivity contribution in [1.82, 2.24) is 9.55 Å². The van der Waals surface area contributed by atoms with Crippen molar-refractivity contribution < 1.29 is 9.59 Å². The molecule has 0 radical (unpaired) electrons. The predicted molar refractivity (Wildman–Crippen MR) is 138 cm³/mol. The summed E-state index contributed by atoms with van der Waals surface area (Å²) in [6.07, 6.45) is 2.51. The minimum absolute atomic E-state index is 0.121. The number of nitrogens with zero attached hydrogens (tertiary/aromatic N) is 2. The van der Waals surface area contributed by atoms with Crippen LogP contribution in [0.2, 0.25) is 0 Å². The number of para-hydroxylation sites is 2. The maximum atomic E-state index is 13.2. The van der Waals surface area contributed by atoms with E-state index in [4.69, 9.17) is 5.73 Å². The number of carbonyl (C=O) groups excluding carboxylic acids is 2. The van der Waals surface area contributed by atoms with Crippen LogP contribution in [-0.4, -0.2) is 27.1 Å². The van der Waals surface area contributed by atoms with E-state index in [0.717, 1.165) is 23.2 Å². The lowest BCUT2D eigenvalue weighted by Gasteiger charge is -2.17. The lowest BCUT2D eigenvalue weighted by molar-refractivity contribution is -0.118. The molecule has 0 aliphatic rings. The summed E-state index contributed by atoms with van der Waals surface area (Å²) < 4.78 is 1.64. The number of benzene rings is 2. The highest BCUT2D eigenvalue weighted by Crippen LogP contribution is 2.28. The third kappa shape index (κ3) is 6.47. The zero-order chi connectivity index (χ0) is 24.7. The van der Waals surface area contributed by atoms with Crippen LogP contribution in [0.3, 0.4) is 0 Å². The summed E-state index contributed by atoms with van der Waals surface area (Å²) in [4.78, 5) is 41.6. The van der Waals surface area contributed by atoms with Crippen LogP contribution >= 0.6 is 11.8 Å². The molecule has 2 amide bonds. The molecule has 0 saturated carbocycles. The number of hydrogen-bond donors (Lipinski definition) is 2. The Morgan fingerprint density at radius 2 is 1.85 bits per heavy atom. The first-order valence-corrected chi connectivity index (χ1v) is 12.6. The average Bonchev–Trinajstić information content (AvgIpc) is 2.80. The van der Waals surface area contributed by atoms with Crippen LogP contribution in [0, 0.1) is 6.92 Å². The van der Waals surface area contributed by atoms with Gasteiger partial charge in [0.2, 0.25) is 11.8 Å². The number of carbonyl (C=O) groups is 2. The van der Waals surface area contributed by atoms with Gasteiger partial charge >= 0.3 is 0 Å². The second-order valence-corrected chi connectivity index (χ2v) is 9.62. The van der Waals surface area contributed by atoms with Crippen molar-refractivity contribution in [2.75, 3.05) is 11.1 Å². The predicted octanol–water partition coefficient (Wildman–Crippen LogP) is 4.60. The Morgan fingerprint density at radius 3 is 2.59 bits per heavy atom. The van der Waals surface area contributed by atoms with Gasteiger partial charge in [0.05, 0.1) is 16.7 Å². The maximum absolute atomic E-state index is 13.2. The number of amides is 2. The molecule has 180 valence electrons. The smallest absolute Gasteiger partial charge is 0.262 e. The van der Waals surface area contributed by atoms with Gasteiger partial charge in [-0.1, -0.05) is 62.4 Å². The highest BCUT2D eigenvalue weighted by Gasteiger charge is 2.15. The molecule has 3 N–H and O–H groups in total. The van der Waals surface area contributed by atoms with Gasteiger partial charge in [0.1, 0.15) is 0 Å². The SMILES string of the molecule is Cc1cccc(C(C)C)c1NC(=O)CSc1nc2ccccc2c(=O)n1CCCCCC(N)=O. The van der Waals surface area contributed by atoms with E-state index in [1.807, 2.05) is 37.3 Å². The van der Waals surface area contributed by atoms with Crippen LogP contribution in [-0.2, 0) is 16.1 Å². The fourth-order valence-electron chi connectivity index (χ4n) is 3.85. The van der Waals surface area contributed by atoms with Crippen LogP contribution in [0.25, 0.3) is 10.9 Å². The monoisotopic (exact) mass is 480 g/mol. The van der Waals surface area contributed by atoms with E-state index < -0.39 is 0 Å². The Hall–Kier alpha value is -3.13. The highest BCUT2D eigenvalue weighted by molar-refractivity contribution is 7.99. The van der Waals surface area contributed by atoms with E-state index in [1.165, 1.54) is 11.8 Å². The van der Waals surface area contributed by atoms with Crippen molar-refractivity contribution in [3.05, 3.63) is 63.9 Å². The van der Waals surface area contributed by atoms with Crippen LogP contribution < -0.4 is 16.6 Å². The van der Waals surface area contributed by atoms with Gasteiger partial charge in [-0.25, -0.2) is 4.98 Å². The molecule has 2 aromatic carbocycles. The van der Waals surface area contributed by atoms with Gasteiger partial charge in [-0.3, -0.25) is 19.0 Å². The first-order chi connectivity index (χ1) is 16.3. The molecule has 3 aromatic rings. The Labute approximate surface area is 204 Å². The number of anilines is 1. The summed E-state index contributed by atoms with van der Waals surface area (Å²) in [5.41, 5.74) is 8.66. The van der Waals surface area contributed by atoms with Gasteiger partial charge in [0, 0.05) is 18.7 Å². The quantitative estimate of drug-likeness (QED) is 0.237. The number of unbranched alkanes of at least 4 members (excludes halogenated alkanes) is 2. The minimum atomic E-state index is -0.318. The Morgan fingerprint density at radius 1 is 1.09 bits per heavy atom. The molecule has 0 saturated heterocycles. The average molecular weight is 481 g/mol. The van der Waals surface area contributed by atoms with Gasteiger partial charge in [-0.15, -0.1) is 0 Å². The van der Waals surface area contributed by atoms with Gasteiger partial charge in [0.25, 0.3) is 5.56 Å². The molecule has 1 heterocycles. The summed E-state index contributed by atoms with van der Waals surface area (Å²) >= 11 is 1.26. The van der Waals surface area contributed by atoms with E-state index in [0.29, 0.717) is 41.9 Å². The van der Waals surface area contributed by atoms with Crippen molar-refractivity contribution in [3.8, 4) is 0 Å². The summed E-state index contributed by atoms with van der Waals surface area (Å²) in [5, 5.41) is 4.12. The summed E-state index contributed by atoms with van der Waals surface area (Å²) in [6, 6.07) is 13.2. The third-order valence-corrected chi connectivity index (χ3v) is 6.63. The molecule has 0 atom stereocenters. The van der Waals surface area contributed by atoms with Crippen LogP contribution in [0.1, 0.15) is 56.6 Å². The van der Waals surface area contributed by atoms with Crippen LogP contribution in [0.15, 0.2) is 52.4 Å². The first-order valence-electron chi connectivity index (χ1n) is 11.6. The Balaban J connectivity index is 1.77. The van der Waals surface area contributed by atoms with Gasteiger partial charge in [-0.2, -0.15) is 0 Å². The molecule has 0 spiro atoms. The summed E-state index contributed by atoms with van der Waals surface area (Å²) in [7, 11) is 0. The topological polar surface area (TPSA) is 107 Å². The normalized spacial score (nSPS) is 11.2. The molecule has 0 fully saturated rings. The summed E-state index contributed by atoms with van der Waals surface area (Å²) in [5.74, 6) is -0.0411. The molecule has 0 aliphatic carbocycles. The van der Waals surface area contributed by atoms with Crippen molar-refractivity contribution >= 4 is 40.2 Å². The van der Waals surface area contributed by atoms with Crippen molar-refractivity contribution in [2.45, 2.75) is 64.1 Å². The number of primary amides is 1. The number of aromatic nitrogens is 2. The van der Waals surface area contributed by atoms with Crippen molar-refractivity contribution in [1.29, 1.82) is 0 Å².